The maximum absolute atomic E-state index is 12.5. The normalized spacial score (nSPS) is 11.2. The van der Waals surface area contributed by atoms with Crippen LogP contribution in [0.25, 0.3) is 0 Å². The number of carbonyl (C=O) groups is 3. The Morgan fingerprint density at radius 1 is 0.282 bits per heavy atom. The first-order chi connectivity index (χ1) is 34.9. The fraction of sp³-hybridized carbons (Fsp3) is 0.952. The average molecular weight is 1010 g/mol. The number of nitrogens with one attached hydrogen (secondary N) is 4. The molecule has 0 aliphatic carbocycles. The molecule has 0 heterocycles. The summed E-state index contributed by atoms with van der Waals surface area (Å²) in [6, 6.07) is 0. The minimum Gasteiger partial charge on any atom is -0.396 e. The zero-order valence-corrected chi connectivity index (χ0v) is 48.5. The van der Waals surface area contributed by atoms with Gasteiger partial charge in [-0.25, -0.2) is 0 Å². The van der Waals surface area contributed by atoms with Crippen molar-refractivity contribution in [2.45, 2.75) is 323 Å². The molecular weight excluding hydrogens is 879 g/mol. The van der Waals surface area contributed by atoms with Crippen molar-refractivity contribution in [3.05, 3.63) is 0 Å². The molecule has 5 N–H and O–H groups in total. The van der Waals surface area contributed by atoms with Gasteiger partial charge in [0.05, 0.1) is 0 Å². The Balaban J connectivity index is 0. The van der Waals surface area contributed by atoms with Crippen molar-refractivity contribution in [2.75, 3.05) is 59.0 Å². The van der Waals surface area contributed by atoms with Crippen molar-refractivity contribution in [1.82, 2.24) is 26.2 Å². The van der Waals surface area contributed by atoms with E-state index in [1.54, 1.807) is 0 Å². The number of unbranched alkanes of at least 4 members (excludes halogenated alkanes) is 38. The first kappa shape index (κ1) is 71.4. The number of rotatable bonds is 58. The Morgan fingerprint density at radius 2 is 0.535 bits per heavy atom. The standard InChI is InChI=1S/C39H79N3O3.C23H48N2O/c1-3-5-7-9-11-13-15-17-19-21-23-26-32-40-38(44)30-35-42(34-28-25-29-37-43)36-31-39(45)41-33-27-24-22-20-18-16-14-12-10-8-6-4-2;1-3-5-7-9-10-11-12-13-14-15-16-18-21-25-23(26)19-22-24-20-17-8-6-4-2/h43H,3-37H2,1-2H3,(H,40,44)(H,41,45);24H,3-22H2,1-2H3,(H,25,26). The number of carbonyl (C=O) groups excluding carboxylic acids is 3. The molecular formula is C62H127N5O4. The number of amides is 3. The molecule has 9 nitrogen and oxygen atoms in total. The van der Waals surface area contributed by atoms with Gasteiger partial charge in [0.2, 0.25) is 17.7 Å². The average Bonchev–Trinajstić information content (AvgIpc) is 3.37. The van der Waals surface area contributed by atoms with Crippen LogP contribution in [0, 0.1) is 0 Å². The van der Waals surface area contributed by atoms with Crippen molar-refractivity contribution >= 4 is 17.7 Å². The molecule has 0 spiro atoms. The Kier molecular flexibility index (Phi) is 64.7. The van der Waals surface area contributed by atoms with Crippen molar-refractivity contribution < 1.29 is 19.5 Å². The van der Waals surface area contributed by atoms with Gasteiger partial charge < -0.3 is 31.3 Å². The van der Waals surface area contributed by atoms with Crippen LogP contribution in [0.5, 0.6) is 0 Å². The van der Waals surface area contributed by atoms with Gasteiger partial charge in [-0.15, -0.1) is 0 Å². The summed E-state index contributed by atoms with van der Waals surface area (Å²) < 4.78 is 0. The molecule has 0 aromatic rings. The molecule has 0 radical (unpaired) electrons. The molecule has 0 saturated carbocycles. The van der Waals surface area contributed by atoms with Crippen LogP contribution in [0.1, 0.15) is 323 Å². The Bertz CT molecular complexity index is 1000. The minimum atomic E-state index is 0.120. The summed E-state index contributed by atoms with van der Waals surface area (Å²) in [7, 11) is 0. The number of hydrogen-bond acceptors (Lipinski definition) is 6. The summed E-state index contributed by atoms with van der Waals surface area (Å²) in [6.45, 7) is 15.8. The van der Waals surface area contributed by atoms with Crippen LogP contribution in [0.4, 0.5) is 0 Å². The van der Waals surface area contributed by atoms with Crippen LogP contribution in [-0.2, 0) is 14.4 Å². The summed E-state index contributed by atoms with van der Waals surface area (Å²) in [4.78, 5) is 38.9. The fourth-order valence-electron chi connectivity index (χ4n) is 9.33. The minimum absolute atomic E-state index is 0.120. The summed E-state index contributed by atoms with van der Waals surface area (Å²) in [5.41, 5.74) is 0. The predicted octanol–water partition coefficient (Wildman–Crippen LogP) is 16.2. The molecule has 0 fully saturated rings. The third kappa shape index (κ3) is 64.3. The third-order valence-electron chi connectivity index (χ3n) is 14.2. The van der Waals surface area contributed by atoms with Crippen molar-refractivity contribution in [2.24, 2.45) is 0 Å². The van der Waals surface area contributed by atoms with Gasteiger partial charge in [-0.2, -0.15) is 0 Å². The van der Waals surface area contributed by atoms with Crippen LogP contribution in [0.3, 0.4) is 0 Å². The lowest BCUT2D eigenvalue weighted by atomic mass is 10.1. The molecule has 0 aliphatic heterocycles. The van der Waals surface area contributed by atoms with E-state index < -0.39 is 0 Å². The lowest BCUT2D eigenvalue weighted by Gasteiger charge is -2.22. The molecule has 0 aromatic carbocycles. The van der Waals surface area contributed by atoms with Gasteiger partial charge in [0.15, 0.2) is 0 Å². The van der Waals surface area contributed by atoms with E-state index in [1.807, 2.05) is 0 Å². The van der Waals surface area contributed by atoms with E-state index in [2.05, 4.69) is 53.9 Å². The van der Waals surface area contributed by atoms with Crippen LogP contribution >= 0.6 is 0 Å². The summed E-state index contributed by atoms with van der Waals surface area (Å²) >= 11 is 0. The second-order valence-corrected chi connectivity index (χ2v) is 21.4. The van der Waals surface area contributed by atoms with Gasteiger partial charge in [-0.05, 0) is 58.0 Å². The molecule has 0 unspecified atom stereocenters. The molecule has 9 heteroatoms. The monoisotopic (exact) mass is 1010 g/mol. The van der Waals surface area contributed by atoms with Gasteiger partial charge in [0.1, 0.15) is 0 Å². The van der Waals surface area contributed by atoms with E-state index in [4.69, 9.17) is 5.11 Å². The predicted molar refractivity (Wildman–Crippen MR) is 311 cm³/mol. The van der Waals surface area contributed by atoms with Crippen LogP contribution < -0.4 is 21.3 Å². The molecule has 0 aromatic heterocycles. The smallest absolute Gasteiger partial charge is 0.221 e. The quantitative estimate of drug-likeness (QED) is 0.0387. The first-order valence-corrected chi connectivity index (χ1v) is 31.8. The third-order valence-corrected chi connectivity index (χ3v) is 14.2. The maximum Gasteiger partial charge on any atom is 0.221 e. The molecule has 0 atom stereocenters. The van der Waals surface area contributed by atoms with Crippen LogP contribution in [-0.4, -0.2) is 86.7 Å². The molecule has 3 amide bonds. The van der Waals surface area contributed by atoms with Crippen molar-refractivity contribution in [3.63, 3.8) is 0 Å². The first-order valence-electron chi connectivity index (χ1n) is 31.8. The molecule has 0 bridgehead atoms. The van der Waals surface area contributed by atoms with Crippen molar-refractivity contribution in [3.8, 4) is 0 Å². The molecule has 71 heavy (non-hydrogen) atoms. The summed E-state index contributed by atoms with van der Waals surface area (Å²) in [5, 5.41) is 21.7. The number of aliphatic hydroxyl groups is 1. The SMILES string of the molecule is CCCCCCCCCCCCCCNC(=O)CCN(CCCCCO)CCC(=O)NCCCCCCCCCCCCCC.CCCCCCCCCCCCCCNC(=O)CCNCCCCCC. The lowest BCUT2D eigenvalue weighted by molar-refractivity contribution is -0.122. The van der Waals surface area contributed by atoms with Crippen molar-refractivity contribution in [1.29, 1.82) is 0 Å². The zero-order chi connectivity index (χ0) is 52.0. The molecule has 424 valence electrons. The Morgan fingerprint density at radius 3 is 0.845 bits per heavy atom. The highest BCUT2D eigenvalue weighted by Gasteiger charge is 2.11. The van der Waals surface area contributed by atoms with Crippen LogP contribution in [0.2, 0.25) is 0 Å². The largest absolute Gasteiger partial charge is 0.396 e. The van der Waals surface area contributed by atoms with Gasteiger partial charge in [0, 0.05) is 65.1 Å². The molecule has 0 saturated heterocycles. The highest BCUT2D eigenvalue weighted by molar-refractivity contribution is 5.77. The second-order valence-electron chi connectivity index (χ2n) is 21.4. The van der Waals surface area contributed by atoms with E-state index in [0.29, 0.717) is 32.4 Å². The second kappa shape index (κ2) is 64.4. The topological polar surface area (TPSA) is 123 Å². The van der Waals surface area contributed by atoms with Gasteiger partial charge >= 0.3 is 0 Å². The van der Waals surface area contributed by atoms with Crippen LogP contribution in [0.15, 0.2) is 0 Å². The van der Waals surface area contributed by atoms with E-state index in [9.17, 15) is 14.4 Å². The fourth-order valence-corrected chi connectivity index (χ4v) is 9.33. The van der Waals surface area contributed by atoms with E-state index in [1.165, 1.54) is 238 Å². The highest BCUT2D eigenvalue weighted by Crippen LogP contribution is 2.15. The van der Waals surface area contributed by atoms with E-state index in [-0.39, 0.29) is 24.3 Å². The number of aliphatic hydroxyl groups excluding tert-OH is 1. The van der Waals surface area contributed by atoms with E-state index in [0.717, 1.165) is 77.8 Å². The van der Waals surface area contributed by atoms with Gasteiger partial charge in [0.25, 0.3) is 0 Å². The Labute approximate surface area is 443 Å². The number of hydrogen-bond donors (Lipinski definition) is 5. The maximum atomic E-state index is 12.5. The van der Waals surface area contributed by atoms with Gasteiger partial charge in [-0.3, -0.25) is 14.4 Å². The molecule has 0 aliphatic rings. The summed E-state index contributed by atoms with van der Waals surface area (Å²) in [6.07, 6.45) is 57.6. The molecule has 0 rings (SSSR count). The van der Waals surface area contributed by atoms with E-state index >= 15 is 0 Å². The van der Waals surface area contributed by atoms with Gasteiger partial charge in [-0.1, -0.05) is 259 Å². The lowest BCUT2D eigenvalue weighted by Crippen LogP contribution is -2.35. The zero-order valence-electron chi connectivity index (χ0n) is 48.5. The Hall–Kier alpha value is -1.71. The number of nitrogens with zero attached hydrogens (tertiary/aromatic N) is 1. The highest BCUT2D eigenvalue weighted by atomic mass is 16.3. The summed E-state index contributed by atoms with van der Waals surface area (Å²) in [5.74, 6) is 0.443.